The molecule has 0 atom stereocenters. The molecular formula is C18H32N6O2. The molecule has 2 heterocycles. The molecule has 0 aromatic carbocycles. The fraction of sp³-hybridized carbons (Fsp3) is 0.722. The molecule has 2 aromatic heterocycles. The molecule has 0 saturated carbocycles. The molecular weight excluding hydrogens is 332 g/mol. The van der Waals surface area contributed by atoms with Crippen LogP contribution in [-0.4, -0.2) is 19.1 Å². The maximum absolute atomic E-state index is 12.2. The number of fused-ring (bicyclic) bond motifs is 1. The maximum atomic E-state index is 12.2. The molecule has 0 aliphatic rings. The summed E-state index contributed by atoms with van der Waals surface area (Å²) in [6.45, 7) is 2.89. The molecule has 146 valence electrons. The summed E-state index contributed by atoms with van der Waals surface area (Å²) in [7, 11) is 1.58. The number of anilines is 1. The van der Waals surface area contributed by atoms with Gasteiger partial charge in [0, 0.05) is 13.6 Å². The van der Waals surface area contributed by atoms with Crippen LogP contribution in [0.5, 0.6) is 0 Å². The van der Waals surface area contributed by atoms with Crippen molar-refractivity contribution in [2.24, 2.45) is 12.9 Å². The third kappa shape index (κ3) is 4.97. The van der Waals surface area contributed by atoms with Crippen molar-refractivity contribution in [2.75, 3.05) is 5.43 Å². The van der Waals surface area contributed by atoms with Crippen LogP contribution in [0.25, 0.3) is 11.2 Å². The maximum Gasteiger partial charge on any atom is 0.329 e. The van der Waals surface area contributed by atoms with E-state index in [1.54, 1.807) is 11.6 Å². The number of aryl methyl sites for hydroxylation is 2. The lowest BCUT2D eigenvalue weighted by Crippen LogP contribution is -2.29. The minimum atomic E-state index is -0.477. The van der Waals surface area contributed by atoms with Gasteiger partial charge in [-0.1, -0.05) is 64.7 Å². The molecule has 2 aromatic rings. The van der Waals surface area contributed by atoms with Gasteiger partial charge in [0.25, 0.3) is 5.56 Å². The topological polar surface area (TPSA) is 111 Å². The molecule has 0 fully saturated rings. The van der Waals surface area contributed by atoms with Gasteiger partial charge in [0.1, 0.15) is 0 Å². The number of H-pyrrole nitrogens is 1. The van der Waals surface area contributed by atoms with Gasteiger partial charge < -0.3 is 4.57 Å². The van der Waals surface area contributed by atoms with E-state index in [0.717, 1.165) is 12.8 Å². The molecule has 0 saturated heterocycles. The summed E-state index contributed by atoms with van der Waals surface area (Å²) in [5, 5.41) is 0. The van der Waals surface area contributed by atoms with Gasteiger partial charge in [0.2, 0.25) is 5.95 Å². The van der Waals surface area contributed by atoms with Crippen LogP contribution in [-0.2, 0) is 13.6 Å². The van der Waals surface area contributed by atoms with Crippen LogP contribution in [0, 0.1) is 0 Å². The highest BCUT2D eigenvalue weighted by Crippen LogP contribution is 2.16. The van der Waals surface area contributed by atoms with Crippen molar-refractivity contribution >= 4 is 17.1 Å². The van der Waals surface area contributed by atoms with Crippen LogP contribution in [0.4, 0.5) is 5.95 Å². The second-order valence-corrected chi connectivity index (χ2v) is 6.90. The van der Waals surface area contributed by atoms with Crippen molar-refractivity contribution in [3.63, 3.8) is 0 Å². The number of aromatic nitrogens is 4. The Morgan fingerprint density at radius 3 is 2.15 bits per heavy atom. The predicted octanol–water partition coefficient (Wildman–Crippen LogP) is 2.63. The molecule has 2 rings (SSSR count). The first-order valence-corrected chi connectivity index (χ1v) is 9.76. The molecule has 4 N–H and O–H groups in total. The second kappa shape index (κ2) is 10.2. The third-order valence-corrected chi connectivity index (χ3v) is 4.87. The number of nitrogens with two attached hydrogens (primary N) is 1. The molecule has 0 amide bonds. The van der Waals surface area contributed by atoms with Gasteiger partial charge >= 0.3 is 5.69 Å². The van der Waals surface area contributed by atoms with E-state index >= 15 is 0 Å². The van der Waals surface area contributed by atoms with Gasteiger partial charge in [-0.05, 0) is 6.42 Å². The van der Waals surface area contributed by atoms with Gasteiger partial charge in [0.15, 0.2) is 11.2 Å². The van der Waals surface area contributed by atoms with Gasteiger partial charge in [0.05, 0.1) is 0 Å². The zero-order valence-corrected chi connectivity index (χ0v) is 16.0. The molecule has 0 unspecified atom stereocenters. The van der Waals surface area contributed by atoms with Crippen molar-refractivity contribution in [3.8, 4) is 0 Å². The Morgan fingerprint density at radius 1 is 1.00 bits per heavy atom. The van der Waals surface area contributed by atoms with Crippen molar-refractivity contribution in [1.29, 1.82) is 0 Å². The fourth-order valence-electron chi connectivity index (χ4n) is 3.32. The molecule has 26 heavy (non-hydrogen) atoms. The molecule has 0 bridgehead atoms. The van der Waals surface area contributed by atoms with Crippen molar-refractivity contribution < 1.29 is 0 Å². The van der Waals surface area contributed by atoms with E-state index in [9.17, 15) is 9.59 Å². The number of nitrogens with one attached hydrogen (secondary N) is 2. The first-order chi connectivity index (χ1) is 12.6. The zero-order valence-electron chi connectivity index (χ0n) is 16.0. The summed E-state index contributed by atoms with van der Waals surface area (Å²) in [5.41, 5.74) is 2.36. The number of hydrogen-bond donors (Lipinski definition) is 3. The highest BCUT2D eigenvalue weighted by Gasteiger charge is 2.16. The summed E-state index contributed by atoms with van der Waals surface area (Å²) < 4.78 is 3.09. The Balaban J connectivity index is 1.86. The number of hydrogen-bond acceptors (Lipinski definition) is 5. The normalized spacial score (nSPS) is 11.3. The fourth-order valence-corrected chi connectivity index (χ4v) is 3.32. The summed E-state index contributed by atoms with van der Waals surface area (Å²) in [5.74, 6) is 5.94. The average molecular weight is 364 g/mol. The largest absolute Gasteiger partial charge is 0.329 e. The Morgan fingerprint density at radius 2 is 1.58 bits per heavy atom. The van der Waals surface area contributed by atoms with Crippen LogP contribution in [0.2, 0.25) is 0 Å². The van der Waals surface area contributed by atoms with Crippen LogP contribution in [0.1, 0.15) is 71.1 Å². The Hall–Kier alpha value is -2.09. The van der Waals surface area contributed by atoms with Crippen molar-refractivity contribution in [1.82, 2.24) is 19.1 Å². The number of aromatic amines is 1. The van der Waals surface area contributed by atoms with E-state index in [-0.39, 0.29) is 0 Å². The standard InChI is InChI=1S/C18H32N6O2/c1-3-4-5-6-7-8-9-10-11-12-13-24-14-15(20-17(24)22-19)23(2)18(26)21-16(14)25/h3-13,19H2,1-2H3,(H,20,22)(H,21,25,26). The number of nitrogen functional groups attached to an aromatic ring is 1. The van der Waals surface area contributed by atoms with Crippen molar-refractivity contribution in [3.05, 3.63) is 20.8 Å². The minimum absolute atomic E-state index is 0.346. The lowest BCUT2D eigenvalue weighted by atomic mass is 10.1. The van der Waals surface area contributed by atoms with E-state index in [2.05, 4.69) is 22.3 Å². The number of unbranched alkanes of at least 4 members (excludes halogenated alkanes) is 9. The summed E-state index contributed by atoms with van der Waals surface area (Å²) in [4.78, 5) is 30.5. The average Bonchev–Trinajstić information content (AvgIpc) is 3.00. The van der Waals surface area contributed by atoms with Gasteiger partial charge in [-0.2, -0.15) is 4.98 Å². The monoisotopic (exact) mass is 364 g/mol. The van der Waals surface area contributed by atoms with E-state index < -0.39 is 11.2 Å². The summed E-state index contributed by atoms with van der Waals surface area (Å²) in [6.07, 6.45) is 12.5. The highest BCUT2D eigenvalue weighted by atomic mass is 16.2. The predicted molar refractivity (Wildman–Crippen MR) is 105 cm³/mol. The molecule has 0 radical (unpaired) electrons. The summed E-state index contributed by atoms with van der Waals surface area (Å²) in [6, 6.07) is 0. The molecule has 0 aliphatic heterocycles. The Kier molecular flexibility index (Phi) is 7.90. The Bertz CT molecular complexity index is 804. The van der Waals surface area contributed by atoms with E-state index in [4.69, 9.17) is 5.84 Å². The molecule has 8 heteroatoms. The smallest absolute Gasteiger partial charge is 0.303 e. The summed E-state index contributed by atoms with van der Waals surface area (Å²) >= 11 is 0. The number of nitrogens with zero attached hydrogens (tertiary/aromatic N) is 3. The quantitative estimate of drug-likeness (QED) is 0.305. The Labute approximate surface area is 153 Å². The van der Waals surface area contributed by atoms with Crippen molar-refractivity contribution in [2.45, 2.75) is 77.7 Å². The van der Waals surface area contributed by atoms with Crippen LogP contribution >= 0.6 is 0 Å². The lowest BCUT2D eigenvalue weighted by Gasteiger charge is -2.08. The van der Waals surface area contributed by atoms with Crippen LogP contribution in [0.3, 0.4) is 0 Å². The number of hydrazine groups is 1. The van der Waals surface area contributed by atoms with Crippen LogP contribution < -0.4 is 22.5 Å². The molecule has 0 aliphatic carbocycles. The van der Waals surface area contributed by atoms with E-state index in [1.807, 2.05) is 0 Å². The number of rotatable bonds is 12. The lowest BCUT2D eigenvalue weighted by molar-refractivity contribution is 0.538. The van der Waals surface area contributed by atoms with E-state index in [0.29, 0.717) is 23.7 Å². The van der Waals surface area contributed by atoms with Gasteiger partial charge in [-0.3, -0.25) is 19.8 Å². The molecule has 8 nitrogen and oxygen atoms in total. The van der Waals surface area contributed by atoms with E-state index in [1.165, 1.54) is 55.9 Å². The third-order valence-electron chi connectivity index (χ3n) is 4.87. The van der Waals surface area contributed by atoms with Crippen LogP contribution in [0.15, 0.2) is 9.59 Å². The first kappa shape index (κ1) is 20.2. The van der Waals surface area contributed by atoms with Gasteiger partial charge in [-0.15, -0.1) is 0 Å². The SMILES string of the molecule is CCCCCCCCCCCCn1c(NN)nc2c1c(=O)[nH]c(=O)n2C. The first-order valence-electron chi connectivity index (χ1n) is 9.76. The van der Waals surface area contributed by atoms with Gasteiger partial charge in [-0.25, -0.2) is 10.6 Å². The minimum Gasteiger partial charge on any atom is -0.303 e. The molecule has 0 spiro atoms. The zero-order chi connectivity index (χ0) is 18.9. The number of imidazole rings is 1. The highest BCUT2D eigenvalue weighted by molar-refractivity contribution is 5.73. The second-order valence-electron chi connectivity index (χ2n) is 6.90.